The van der Waals surface area contributed by atoms with E-state index in [2.05, 4.69) is 5.10 Å². The van der Waals surface area contributed by atoms with Crippen molar-refractivity contribution in [3.8, 4) is 0 Å². The number of benzene rings is 1. The van der Waals surface area contributed by atoms with E-state index in [1.807, 2.05) is 29.3 Å². The van der Waals surface area contributed by atoms with Gasteiger partial charge >= 0.3 is 5.97 Å². The second-order valence-corrected chi connectivity index (χ2v) is 4.61. The summed E-state index contributed by atoms with van der Waals surface area (Å²) >= 11 is 0. The molecule has 1 atom stereocenters. The van der Waals surface area contributed by atoms with Crippen LogP contribution >= 0.6 is 0 Å². The molecule has 0 spiro atoms. The van der Waals surface area contributed by atoms with Gasteiger partial charge in [-0.1, -0.05) is 18.2 Å². The van der Waals surface area contributed by atoms with Gasteiger partial charge in [0.15, 0.2) is 0 Å². The number of carbonyl (C=O) groups excluding carboxylic acids is 1. The standard InChI is InChI=1S/C14H16N2O3/c1-2-19-14(17)12-7-11-9-18-8-10-5-3-4-6-13(10)16(11)15-12/h3-6,11H,2,7-9H2,1H3. The summed E-state index contributed by atoms with van der Waals surface area (Å²) < 4.78 is 10.7. The number of carbonyl (C=O) groups is 1. The average molecular weight is 260 g/mol. The van der Waals surface area contributed by atoms with Crippen molar-refractivity contribution in [1.82, 2.24) is 0 Å². The van der Waals surface area contributed by atoms with Gasteiger partial charge in [0, 0.05) is 12.0 Å². The minimum atomic E-state index is -0.326. The maximum atomic E-state index is 11.8. The number of anilines is 1. The Morgan fingerprint density at radius 2 is 2.37 bits per heavy atom. The molecular formula is C14H16N2O3. The zero-order valence-corrected chi connectivity index (χ0v) is 10.8. The lowest BCUT2D eigenvalue weighted by molar-refractivity contribution is -0.135. The number of rotatable bonds is 2. The molecule has 0 aliphatic carbocycles. The number of hydrazone groups is 1. The largest absolute Gasteiger partial charge is 0.461 e. The number of hydrogen-bond donors (Lipinski definition) is 0. The predicted molar refractivity (Wildman–Crippen MR) is 71.1 cm³/mol. The fourth-order valence-electron chi connectivity index (χ4n) is 2.44. The van der Waals surface area contributed by atoms with E-state index in [4.69, 9.17) is 9.47 Å². The molecule has 3 rings (SSSR count). The first kappa shape index (κ1) is 12.2. The van der Waals surface area contributed by atoms with Gasteiger partial charge in [-0.3, -0.25) is 5.01 Å². The van der Waals surface area contributed by atoms with Crippen LogP contribution in [0, 0.1) is 0 Å². The van der Waals surface area contributed by atoms with Gasteiger partial charge in [0.25, 0.3) is 0 Å². The SMILES string of the molecule is CCOC(=O)C1=NN2c3ccccc3COCC2C1. The summed E-state index contributed by atoms with van der Waals surface area (Å²) in [6.07, 6.45) is 0.577. The van der Waals surface area contributed by atoms with Crippen LogP contribution in [-0.4, -0.2) is 30.9 Å². The molecule has 5 heteroatoms. The van der Waals surface area contributed by atoms with E-state index in [0.29, 0.717) is 32.0 Å². The van der Waals surface area contributed by atoms with Crippen molar-refractivity contribution < 1.29 is 14.3 Å². The maximum Gasteiger partial charge on any atom is 0.354 e. The molecule has 2 aliphatic rings. The number of hydrogen-bond acceptors (Lipinski definition) is 5. The molecule has 2 heterocycles. The second kappa shape index (κ2) is 5.01. The van der Waals surface area contributed by atoms with Crippen LogP contribution in [0.5, 0.6) is 0 Å². The number of nitrogens with zero attached hydrogens (tertiary/aromatic N) is 2. The Bertz CT molecular complexity index is 527. The van der Waals surface area contributed by atoms with Crippen LogP contribution in [0.25, 0.3) is 0 Å². The lowest BCUT2D eigenvalue weighted by Crippen LogP contribution is -2.29. The van der Waals surface area contributed by atoms with Gasteiger partial charge in [-0.15, -0.1) is 0 Å². The maximum absolute atomic E-state index is 11.8. The van der Waals surface area contributed by atoms with Gasteiger partial charge in [0.05, 0.1) is 31.5 Å². The average Bonchev–Trinajstić information content (AvgIpc) is 2.77. The van der Waals surface area contributed by atoms with Crippen LogP contribution in [0.15, 0.2) is 29.4 Å². The summed E-state index contributed by atoms with van der Waals surface area (Å²) in [4.78, 5) is 11.8. The molecular weight excluding hydrogens is 244 g/mol. The minimum absolute atomic E-state index is 0.0862. The summed E-state index contributed by atoms with van der Waals surface area (Å²) in [7, 11) is 0. The Balaban J connectivity index is 1.92. The van der Waals surface area contributed by atoms with Crippen LogP contribution in [0.4, 0.5) is 5.69 Å². The van der Waals surface area contributed by atoms with Gasteiger partial charge in [-0.05, 0) is 13.0 Å². The first-order valence-electron chi connectivity index (χ1n) is 6.49. The molecule has 5 nitrogen and oxygen atoms in total. The first-order valence-corrected chi connectivity index (χ1v) is 6.49. The molecule has 0 bridgehead atoms. The van der Waals surface area contributed by atoms with Gasteiger partial charge in [0.2, 0.25) is 0 Å². The van der Waals surface area contributed by atoms with E-state index in [9.17, 15) is 4.79 Å². The molecule has 1 aromatic carbocycles. The molecule has 0 fully saturated rings. The zero-order chi connectivity index (χ0) is 13.2. The number of esters is 1. The highest BCUT2D eigenvalue weighted by atomic mass is 16.5. The Morgan fingerprint density at radius 3 is 3.21 bits per heavy atom. The van der Waals surface area contributed by atoms with E-state index < -0.39 is 0 Å². The lowest BCUT2D eigenvalue weighted by Gasteiger charge is -2.21. The molecule has 100 valence electrons. The van der Waals surface area contributed by atoms with Crippen molar-refractivity contribution in [1.29, 1.82) is 0 Å². The van der Waals surface area contributed by atoms with Crippen molar-refractivity contribution in [3.63, 3.8) is 0 Å². The van der Waals surface area contributed by atoms with Crippen molar-refractivity contribution in [2.45, 2.75) is 26.0 Å². The van der Waals surface area contributed by atoms with Crippen LogP contribution in [0.1, 0.15) is 18.9 Å². The Kier molecular flexibility index (Phi) is 3.21. The number of para-hydroxylation sites is 1. The highest BCUT2D eigenvalue weighted by Gasteiger charge is 2.34. The third kappa shape index (κ3) is 2.21. The molecule has 2 aliphatic heterocycles. The van der Waals surface area contributed by atoms with Crippen LogP contribution in [0.3, 0.4) is 0 Å². The lowest BCUT2D eigenvalue weighted by atomic mass is 10.1. The molecule has 0 aromatic heterocycles. The molecule has 0 saturated carbocycles. The summed E-state index contributed by atoms with van der Waals surface area (Å²) in [5.41, 5.74) is 2.59. The van der Waals surface area contributed by atoms with Gasteiger partial charge in [-0.25, -0.2) is 4.79 Å². The van der Waals surface area contributed by atoms with Crippen LogP contribution < -0.4 is 5.01 Å². The third-order valence-electron chi connectivity index (χ3n) is 3.32. The second-order valence-electron chi connectivity index (χ2n) is 4.61. The normalized spacial score (nSPS) is 21.2. The summed E-state index contributed by atoms with van der Waals surface area (Å²) in [6, 6.07) is 8.07. The molecule has 1 aromatic rings. The molecule has 1 unspecified atom stereocenters. The summed E-state index contributed by atoms with van der Waals surface area (Å²) in [6.45, 7) is 3.33. The quantitative estimate of drug-likeness (QED) is 0.760. The molecule has 19 heavy (non-hydrogen) atoms. The van der Waals surface area contributed by atoms with E-state index in [1.165, 1.54) is 0 Å². The van der Waals surface area contributed by atoms with Gasteiger partial charge < -0.3 is 9.47 Å². The topological polar surface area (TPSA) is 51.1 Å². The Hall–Kier alpha value is -1.88. The molecule has 0 saturated heterocycles. The van der Waals surface area contributed by atoms with E-state index in [1.54, 1.807) is 6.92 Å². The van der Waals surface area contributed by atoms with Gasteiger partial charge in [-0.2, -0.15) is 5.10 Å². The molecule has 0 radical (unpaired) electrons. The minimum Gasteiger partial charge on any atom is -0.461 e. The van der Waals surface area contributed by atoms with Gasteiger partial charge in [0.1, 0.15) is 5.71 Å². The monoisotopic (exact) mass is 260 g/mol. The number of fused-ring (bicyclic) bond motifs is 3. The first-order chi connectivity index (χ1) is 9.29. The summed E-state index contributed by atoms with van der Waals surface area (Å²) in [5, 5.41) is 6.32. The molecule has 0 amide bonds. The number of ether oxygens (including phenoxy) is 2. The fourth-order valence-corrected chi connectivity index (χ4v) is 2.44. The highest BCUT2D eigenvalue weighted by Crippen LogP contribution is 2.31. The van der Waals surface area contributed by atoms with Crippen molar-refractivity contribution >= 4 is 17.4 Å². The summed E-state index contributed by atoms with van der Waals surface area (Å²) in [5.74, 6) is -0.326. The predicted octanol–water partition coefficient (Wildman–Crippen LogP) is 1.71. The van der Waals surface area contributed by atoms with E-state index in [0.717, 1.165) is 11.3 Å². The Morgan fingerprint density at radius 1 is 1.53 bits per heavy atom. The van der Waals surface area contributed by atoms with Crippen molar-refractivity contribution in [3.05, 3.63) is 29.8 Å². The highest BCUT2D eigenvalue weighted by molar-refractivity contribution is 6.37. The van der Waals surface area contributed by atoms with Crippen molar-refractivity contribution in [2.75, 3.05) is 18.2 Å². The van der Waals surface area contributed by atoms with E-state index >= 15 is 0 Å². The van der Waals surface area contributed by atoms with Crippen LogP contribution in [0.2, 0.25) is 0 Å². The van der Waals surface area contributed by atoms with Crippen LogP contribution in [-0.2, 0) is 20.9 Å². The van der Waals surface area contributed by atoms with Crippen molar-refractivity contribution in [2.24, 2.45) is 5.10 Å². The smallest absolute Gasteiger partial charge is 0.354 e. The Labute approximate surface area is 111 Å². The zero-order valence-electron chi connectivity index (χ0n) is 10.8. The van der Waals surface area contributed by atoms with E-state index in [-0.39, 0.29) is 12.0 Å². The molecule has 0 N–H and O–H groups in total. The fraction of sp³-hybridized carbons (Fsp3) is 0.429. The third-order valence-corrected chi connectivity index (χ3v) is 3.32.